The molecule has 0 radical (unpaired) electrons. The molecule has 0 aliphatic heterocycles. The standard InChI is InChI=1S/C20H17BrN4OS2/c1-11-8-18(23-19(26)15-6-7-17(21)27-15)25(24-11)20-22-14-9-12-4-2-3-5-13(12)10-16(14)28-20/h6-10H,2-5H2,1H3,(H,23,26). The van der Waals surface area contributed by atoms with Crippen molar-refractivity contribution in [1.82, 2.24) is 14.8 Å². The molecule has 0 saturated heterocycles. The molecule has 0 unspecified atom stereocenters. The maximum Gasteiger partial charge on any atom is 0.266 e. The lowest BCUT2D eigenvalue weighted by molar-refractivity contribution is 0.103. The van der Waals surface area contributed by atoms with Crippen molar-refractivity contribution in [2.24, 2.45) is 0 Å². The Morgan fingerprint density at radius 2 is 1.93 bits per heavy atom. The maximum absolute atomic E-state index is 12.6. The molecule has 5 rings (SSSR count). The lowest BCUT2D eigenvalue weighted by Crippen LogP contribution is -2.13. The Kier molecular flexibility index (Phi) is 4.57. The summed E-state index contributed by atoms with van der Waals surface area (Å²) in [7, 11) is 0. The second-order valence-corrected chi connectivity index (χ2v) is 10.4. The minimum atomic E-state index is -0.145. The number of hydrogen-bond acceptors (Lipinski definition) is 5. The fourth-order valence-electron chi connectivity index (χ4n) is 3.58. The zero-order valence-electron chi connectivity index (χ0n) is 15.2. The van der Waals surface area contributed by atoms with Crippen LogP contribution in [0.4, 0.5) is 5.82 Å². The molecule has 3 aromatic heterocycles. The first-order valence-corrected chi connectivity index (χ1v) is 11.6. The minimum absolute atomic E-state index is 0.145. The first kappa shape index (κ1) is 18.0. The molecule has 28 heavy (non-hydrogen) atoms. The Hall–Kier alpha value is -2.03. The number of halogens is 1. The molecule has 1 aliphatic rings. The molecule has 0 saturated carbocycles. The van der Waals surface area contributed by atoms with E-state index in [1.54, 1.807) is 22.1 Å². The smallest absolute Gasteiger partial charge is 0.266 e. The van der Waals surface area contributed by atoms with Crippen molar-refractivity contribution in [3.8, 4) is 5.13 Å². The van der Waals surface area contributed by atoms with Gasteiger partial charge in [-0.1, -0.05) is 11.3 Å². The average molecular weight is 473 g/mol. The van der Waals surface area contributed by atoms with Crippen LogP contribution in [-0.2, 0) is 12.8 Å². The number of amides is 1. The number of aromatic nitrogens is 3. The summed E-state index contributed by atoms with van der Waals surface area (Å²) in [6.45, 7) is 1.92. The van der Waals surface area contributed by atoms with Gasteiger partial charge in [-0.25, -0.2) is 4.98 Å². The molecule has 0 spiro atoms. The molecule has 4 aromatic rings. The van der Waals surface area contributed by atoms with Crippen LogP contribution in [0.3, 0.4) is 0 Å². The van der Waals surface area contributed by atoms with Crippen LogP contribution in [0.5, 0.6) is 0 Å². The Labute approximate surface area is 178 Å². The monoisotopic (exact) mass is 472 g/mol. The molecular weight excluding hydrogens is 456 g/mol. The van der Waals surface area contributed by atoms with Crippen molar-refractivity contribution in [3.63, 3.8) is 0 Å². The molecule has 1 N–H and O–H groups in total. The van der Waals surface area contributed by atoms with E-state index in [1.165, 1.54) is 40.0 Å². The van der Waals surface area contributed by atoms with Crippen LogP contribution >= 0.6 is 38.6 Å². The van der Waals surface area contributed by atoms with Gasteiger partial charge in [0.1, 0.15) is 5.82 Å². The number of carbonyl (C=O) groups excluding carboxylic acids is 1. The highest BCUT2D eigenvalue weighted by Crippen LogP contribution is 2.32. The molecule has 0 bridgehead atoms. The number of carbonyl (C=O) groups is 1. The summed E-state index contributed by atoms with van der Waals surface area (Å²) in [4.78, 5) is 18.0. The van der Waals surface area contributed by atoms with Gasteiger partial charge in [0, 0.05) is 6.07 Å². The number of thiazole rings is 1. The number of benzene rings is 1. The highest BCUT2D eigenvalue weighted by atomic mass is 79.9. The summed E-state index contributed by atoms with van der Waals surface area (Å²) in [5.41, 5.74) is 4.71. The molecule has 5 nitrogen and oxygen atoms in total. The van der Waals surface area contributed by atoms with Crippen LogP contribution in [0.15, 0.2) is 34.1 Å². The number of hydrogen-bond donors (Lipinski definition) is 1. The fourth-order valence-corrected chi connectivity index (χ4v) is 5.84. The Morgan fingerprint density at radius 3 is 2.68 bits per heavy atom. The van der Waals surface area contributed by atoms with Gasteiger partial charge in [-0.2, -0.15) is 9.78 Å². The predicted molar refractivity (Wildman–Crippen MR) is 118 cm³/mol. The highest BCUT2D eigenvalue weighted by Gasteiger charge is 2.18. The molecular formula is C20H17BrN4OS2. The quantitative estimate of drug-likeness (QED) is 0.413. The number of rotatable bonds is 3. The lowest BCUT2D eigenvalue weighted by atomic mass is 9.92. The van der Waals surface area contributed by atoms with Crippen molar-refractivity contribution in [2.75, 3.05) is 5.32 Å². The molecule has 0 atom stereocenters. The van der Waals surface area contributed by atoms with Crippen LogP contribution < -0.4 is 5.32 Å². The van der Waals surface area contributed by atoms with Gasteiger partial charge in [-0.3, -0.25) is 4.79 Å². The van der Waals surface area contributed by atoms with E-state index in [1.807, 2.05) is 19.1 Å². The minimum Gasteiger partial charge on any atom is -0.306 e. The number of thiophene rings is 1. The first-order valence-electron chi connectivity index (χ1n) is 9.13. The average Bonchev–Trinajstić information content (AvgIpc) is 3.37. The van der Waals surface area contributed by atoms with E-state index in [2.05, 4.69) is 38.5 Å². The molecule has 1 aliphatic carbocycles. The van der Waals surface area contributed by atoms with E-state index in [0.717, 1.165) is 33.0 Å². The van der Waals surface area contributed by atoms with Crippen molar-refractivity contribution in [1.29, 1.82) is 0 Å². The highest BCUT2D eigenvalue weighted by molar-refractivity contribution is 9.11. The summed E-state index contributed by atoms with van der Waals surface area (Å²) in [5, 5.41) is 8.32. The van der Waals surface area contributed by atoms with Crippen molar-refractivity contribution >= 4 is 60.5 Å². The molecule has 0 fully saturated rings. The van der Waals surface area contributed by atoms with Gasteiger partial charge in [0.25, 0.3) is 5.91 Å². The molecule has 3 heterocycles. The molecule has 8 heteroatoms. The summed E-state index contributed by atoms with van der Waals surface area (Å²) < 4.78 is 3.83. The SMILES string of the molecule is Cc1cc(NC(=O)c2ccc(Br)s2)n(-c2nc3cc4c(cc3s2)CCCC4)n1. The zero-order chi connectivity index (χ0) is 19.3. The largest absolute Gasteiger partial charge is 0.306 e. The van der Waals surface area contributed by atoms with Crippen molar-refractivity contribution in [2.45, 2.75) is 32.6 Å². The number of fused-ring (bicyclic) bond motifs is 2. The van der Waals surface area contributed by atoms with E-state index in [0.29, 0.717) is 10.7 Å². The van der Waals surface area contributed by atoms with Crippen LogP contribution in [-0.4, -0.2) is 20.7 Å². The number of nitrogens with one attached hydrogen (secondary N) is 1. The number of nitrogens with zero attached hydrogens (tertiary/aromatic N) is 3. The van der Waals surface area contributed by atoms with Gasteiger partial charge in [-0.15, -0.1) is 11.3 Å². The summed E-state index contributed by atoms with van der Waals surface area (Å²) in [6.07, 6.45) is 4.80. The summed E-state index contributed by atoms with van der Waals surface area (Å²) in [5.74, 6) is 0.490. The number of aryl methyl sites for hydroxylation is 3. The van der Waals surface area contributed by atoms with Gasteiger partial charge < -0.3 is 5.32 Å². The van der Waals surface area contributed by atoms with Crippen molar-refractivity contribution < 1.29 is 4.79 Å². The second kappa shape index (κ2) is 7.09. The first-order chi connectivity index (χ1) is 13.6. The summed E-state index contributed by atoms with van der Waals surface area (Å²) >= 11 is 6.42. The predicted octanol–water partition coefficient (Wildman–Crippen LogP) is 5.75. The molecule has 142 valence electrons. The Morgan fingerprint density at radius 1 is 1.14 bits per heavy atom. The van der Waals surface area contributed by atoms with Gasteiger partial charge in [-0.05, 0) is 83.9 Å². The van der Waals surface area contributed by atoms with Crippen LogP contribution in [0.2, 0.25) is 0 Å². The van der Waals surface area contributed by atoms with E-state index < -0.39 is 0 Å². The third-order valence-corrected chi connectivity index (χ3v) is 7.51. The van der Waals surface area contributed by atoms with E-state index in [9.17, 15) is 4.79 Å². The summed E-state index contributed by atoms with van der Waals surface area (Å²) in [6, 6.07) is 10.1. The zero-order valence-corrected chi connectivity index (χ0v) is 18.4. The third kappa shape index (κ3) is 3.29. The van der Waals surface area contributed by atoms with Gasteiger partial charge in [0.2, 0.25) is 5.13 Å². The van der Waals surface area contributed by atoms with Crippen molar-refractivity contribution in [3.05, 3.63) is 55.8 Å². The number of anilines is 1. The van der Waals surface area contributed by atoms with Gasteiger partial charge >= 0.3 is 0 Å². The van der Waals surface area contributed by atoms with Gasteiger partial charge in [0.05, 0.1) is 24.6 Å². The van der Waals surface area contributed by atoms with Crippen LogP contribution in [0.1, 0.15) is 39.3 Å². The third-order valence-electron chi connectivity index (χ3n) is 4.89. The Balaban J connectivity index is 1.52. The molecule has 1 aromatic carbocycles. The lowest BCUT2D eigenvalue weighted by Gasteiger charge is -2.14. The van der Waals surface area contributed by atoms with Crippen LogP contribution in [0, 0.1) is 6.92 Å². The maximum atomic E-state index is 12.6. The van der Waals surface area contributed by atoms with Crippen LogP contribution in [0.25, 0.3) is 15.3 Å². The van der Waals surface area contributed by atoms with E-state index in [4.69, 9.17) is 4.98 Å². The fraction of sp³-hybridized carbons (Fsp3) is 0.250. The Bertz CT molecular complexity index is 1160. The normalized spacial score (nSPS) is 13.6. The topological polar surface area (TPSA) is 59.8 Å². The van der Waals surface area contributed by atoms with E-state index >= 15 is 0 Å². The molecule has 1 amide bonds. The van der Waals surface area contributed by atoms with Gasteiger partial charge in [0.15, 0.2) is 0 Å². The second-order valence-electron chi connectivity index (χ2n) is 6.93. The van der Waals surface area contributed by atoms with E-state index in [-0.39, 0.29) is 5.91 Å².